The number of esters is 1. The lowest BCUT2D eigenvalue weighted by Gasteiger charge is -2.06. The van der Waals surface area contributed by atoms with Crippen molar-refractivity contribution >= 4 is 32.8 Å². The molecule has 3 rings (SSSR count). The maximum atomic E-state index is 12.2. The Balaban J connectivity index is 1.68. The Labute approximate surface area is 139 Å². The summed E-state index contributed by atoms with van der Waals surface area (Å²) in [6, 6.07) is 13.9. The lowest BCUT2D eigenvalue weighted by Crippen LogP contribution is -2.26. The molecular formula is C16H12BrN3O3. The van der Waals surface area contributed by atoms with Gasteiger partial charge in [-0.25, -0.2) is 4.68 Å². The van der Waals surface area contributed by atoms with E-state index in [1.54, 1.807) is 48.5 Å². The van der Waals surface area contributed by atoms with Gasteiger partial charge < -0.3 is 4.74 Å². The number of hydrogen-bond donors (Lipinski definition) is 0. The summed E-state index contributed by atoms with van der Waals surface area (Å²) in [7, 11) is 0. The molecule has 0 fully saturated rings. The molecule has 3 aromatic rings. The number of carbonyl (C=O) groups excluding carboxylic acids is 1. The fourth-order valence-corrected chi connectivity index (χ4v) is 2.32. The number of halogens is 1. The number of benzene rings is 2. The molecular weight excluding hydrogens is 362 g/mol. The molecule has 0 radical (unpaired) electrons. The van der Waals surface area contributed by atoms with Gasteiger partial charge in [0.25, 0.3) is 5.56 Å². The van der Waals surface area contributed by atoms with E-state index in [0.29, 0.717) is 16.7 Å². The molecule has 0 unspecified atom stereocenters. The van der Waals surface area contributed by atoms with Gasteiger partial charge in [-0.2, -0.15) is 0 Å². The van der Waals surface area contributed by atoms with Crippen LogP contribution >= 0.6 is 15.9 Å². The first-order valence-electron chi connectivity index (χ1n) is 6.92. The van der Waals surface area contributed by atoms with E-state index in [1.807, 2.05) is 0 Å². The van der Waals surface area contributed by atoms with Crippen LogP contribution in [0.3, 0.4) is 0 Å². The molecule has 0 atom stereocenters. The average molecular weight is 374 g/mol. The zero-order valence-electron chi connectivity index (χ0n) is 12.0. The van der Waals surface area contributed by atoms with Crippen LogP contribution in [0.25, 0.3) is 10.9 Å². The second-order valence-electron chi connectivity index (χ2n) is 4.81. The van der Waals surface area contributed by atoms with Crippen LogP contribution < -0.4 is 10.3 Å². The summed E-state index contributed by atoms with van der Waals surface area (Å²) < 4.78 is 7.27. The van der Waals surface area contributed by atoms with E-state index in [-0.39, 0.29) is 18.5 Å². The molecule has 6 nitrogen and oxygen atoms in total. The highest BCUT2D eigenvalue weighted by Crippen LogP contribution is 2.16. The number of aromatic nitrogens is 3. The Kier molecular flexibility index (Phi) is 4.47. The maximum absolute atomic E-state index is 12.2. The Bertz CT molecular complexity index is 906. The van der Waals surface area contributed by atoms with Crippen LogP contribution in [0, 0.1) is 0 Å². The van der Waals surface area contributed by atoms with E-state index in [4.69, 9.17) is 4.74 Å². The molecule has 1 aromatic heterocycles. The first kappa shape index (κ1) is 15.4. The Hall–Kier alpha value is -2.54. The molecule has 0 aliphatic rings. The van der Waals surface area contributed by atoms with Crippen molar-refractivity contribution in [3.8, 4) is 5.75 Å². The molecule has 0 N–H and O–H groups in total. The molecule has 0 spiro atoms. The van der Waals surface area contributed by atoms with Crippen molar-refractivity contribution in [3.63, 3.8) is 0 Å². The highest BCUT2D eigenvalue weighted by Gasteiger charge is 2.09. The van der Waals surface area contributed by atoms with Crippen molar-refractivity contribution < 1.29 is 9.53 Å². The van der Waals surface area contributed by atoms with Crippen LogP contribution in [-0.4, -0.2) is 21.0 Å². The molecule has 1 heterocycles. The molecule has 7 heteroatoms. The Morgan fingerprint density at radius 1 is 1.13 bits per heavy atom. The van der Waals surface area contributed by atoms with Crippen molar-refractivity contribution in [2.45, 2.75) is 13.0 Å². The van der Waals surface area contributed by atoms with E-state index in [9.17, 15) is 9.59 Å². The third-order valence-electron chi connectivity index (χ3n) is 3.20. The second-order valence-corrected chi connectivity index (χ2v) is 5.73. The first-order chi connectivity index (χ1) is 11.1. The summed E-state index contributed by atoms with van der Waals surface area (Å²) in [6.45, 7) is 0.117. The van der Waals surface area contributed by atoms with Crippen molar-refractivity contribution in [3.05, 3.63) is 63.4 Å². The largest absolute Gasteiger partial charge is 0.426 e. The number of aryl methyl sites for hydroxylation is 1. The SMILES string of the molecule is O=C(CCn1nnc2ccccc2c1=O)Oc1ccc(Br)cc1. The van der Waals surface area contributed by atoms with Gasteiger partial charge in [0.15, 0.2) is 0 Å². The van der Waals surface area contributed by atoms with Crippen molar-refractivity contribution in [1.29, 1.82) is 0 Å². The fraction of sp³-hybridized carbons (Fsp3) is 0.125. The van der Waals surface area contributed by atoms with Crippen molar-refractivity contribution in [1.82, 2.24) is 15.0 Å². The van der Waals surface area contributed by atoms with E-state index in [2.05, 4.69) is 26.2 Å². The zero-order chi connectivity index (χ0) is 16.2. The number of fused-ring (bicyclic) bond motifs is 1. The number of carbonyl (C=O) groups is 1. The van der Waals surface area contributed by atoms with Crippen LogP contribution in [0.1, 0.15) is 6.42 Å². The Morgan fingerprint density at radius 2 is 1.87 bits per heavy atom. The molecule has 0 bridgehead atoms. The van der Waals surface area contributed by atoms with E-state index < -0.39 is 5.97 Å². The van der Waals surface area contributed by atoms with Crippen molar-refractivity contribution in [2.24, 2.45) is 0 Å². The average Bonchev–Trinajstić information content (AvgIpc) is 2.57. The molecule has 0 amide bonds. The topological polar surface area (TPSA) is 74.1 Å². The minimum atomic E-state index is -0.436. The molecule has 0 aliphatic carbocycles. The summed E-state index contributed by atoms with van der Waals surface area (Å²) in [5.41, 5.74) is 0.262. The summed E-state index contributed by atoms with van der Waals surface area (Å²) in [6.07, 6.45) is 0.0307. The summed E-state index contributed by atoms with van der Waals surface area (Å²) in [4.78, 5) is 24.1. The number of hydrogen-bond acceptors (Lipinski definition) is 5. The van der Waals surface area contributed by atoms with Gasteiger partial charge in [0, 0.05) is 4.47 Å². The van der Waals surface area contributed by atoms with Crippen LogP contribution in [0.4, 0.5) is 0 Å². The van der Waals surface area contributed by atoms with E-state index in [1.165, 1.54) is 4.68 Å². The molecule has 2 aromatic carbocycles. The summed E-state index contributed by atoms with van der Waals surface area (Å²) in [5.74, 6) is 0.0179. The third kappa shape index (κ3) is 3.62. The quantitative estimate of drug-likeness (QED) is 0.518. The zero-order valence-corrected chi connectivity index (χ0v) is 13.6. The van der Waals surface area contributed by atoms with Gasteiger partial charge >= 0.3 is 5.97 Å². The highest BCUT2D eigenvalue weighted by molar-refractivity contribution is 9.10. The lowest BCUT2D eigenvalue weighted by molar-refractivity contribution is -0.134. The van der Waals surface area contributed by atoms with E-state index in [0.717, 1.165) is 4.47 Å². The van der Waals surface area contributed by atoms with Gasteiger partial charge in [0.05, 0.1) is 18.4 Å². The molecule has 116 valence electrons. The lowest BCUT2D eigenvalue weighted by atomic mass is 10.2. The molecule has 0 aliphatic heterocycles. The fourth-order valence-electron chi connectivity index (χ4n) is 2.05. The molecule has 0 saturated carbocycles. The summed E-state index contributed by atoms with van der Waals surface area (Å²) >= 11 is 3.31. The maximum Gasteiger partial charge on any atom is 0.313 e. The van der Waals surface area contributed by atoms with Gasteiger partial charge in [-0.05, 0) is 36.4 Å². The highest BCUT2D eigenvalue weighted by atomic mass is 79.9. The van der Waals surface area contributed by atoms with Gasteiger partial charge in [-0.1, -0.05) is 33.3 Å². The second kappa shape index (κ2) is 6.70. The predicted molar refractivity (Wildman–Crippen MR) is 88.2 cm³/mol. The van der Waals surface area contributed by atoms with Gasteiger partial charge in [-0.15, -0.1) is 5.10 Å². The number of nitrogens with zero attached hydrogens (tertiary/aromatic N) is 3. The first-order valence-corrected chi connectivity index (χ1v) is 7.71. The smallest absolute Gasteiger partial charge is 0.313 e. The van der Waals surface area contributed by atoms with Gasteiger partial charge in [0.2, 0.25) is 0 Å². The monoisotopic (exact) mass is 373 g/mol. The van der Waals surface area contributed by atoms with Crippen LogP contribution in [-0.2, 0) is 11.3 Å². The molecule has 0 saturated heterocycles. The van der Waals surface area contributed by atoms with Gasteiger partial charge in [0.1, 0.15) is 11.3 Å². The third-order valence-corrected chi connectivity index (χ3v) is 3.73. The normalized spacial score (nSPS) is 10.7. The summed E-state index contributed by atoms with van der Waals surface area (Å²) in [5, 5.41) is 8.28. The minimum Gasteiger partial charge on any atom is -0.426 e. The standard InChI is InChI=1S/C16H12BrN3O3/c17-11-5-7-12(8-6-11)23-15(21)9-10-20-16(22)13-3-1-2-4-14(13)18-19-20/h1-8H,9-10H2. The van der Waals surface area contributed by atoms with Crippen LogP contribution in [0.15, 0.2) is 57.8 Å². The van der Waals surface area contributed by atoms with E-state index >= 15 is 0 Å². The molecule has 23 heavy (non-hydrogen) atoms. The predicted octanol–water partition coefficient (Wildman–Crippen LogP) is 2.55. The number of rotatable bonds is 4. The van der Waals surface area contributed by atoms with Crippen LogP contribution in [0.2, 0.25) is 0 Å². The Morgan fingerprint density at radius 3 is 2.65 bits per heavy atom. The van der Waals surface area contributed by atoms with Crippen LogP contribution in [0.5, 0.6) is 5.75 Å². The van der Waals surface area contributed by atoms with Crippen molar-refractivity contribution in [2.75, 3.05) is 0 Å². The minimum absolute atomic E-state index is 0.0307. The van der Waals surface area contributed by atoms with Gasteiger partial charge in [-0.3, -0.25) is 9.59 Å². The number of ether oxygens (including phenoxy) is 1.